The van der Waals surface area contributed by atoms with Crippen LogP contribution in [-0.2, 0) is 0 Å². The third-order valence-electron chi connectivity index (χ3n) is 3.80. The van der Waals surface area contributed by atoms with E-state index >= 15 is 0 Å². The number of carboxylic acids is 1. The number of anilines is 1. The van der Waals surface area contributed by atoms with Crippen molar-refractivity contribution in [1.29, 1.82) is 0 Å². The van der Waals surface area contributed by atoms with Gasteiger partial charge in [0.05, 0.1) is 15.7 Å². The summed E-state index contributed by atoms with van der Waals surface area (Å²) >= 11 is 2.98. The molecule has 2 rings (SSSR count). The van der Waals surface area contributed by atoms with E-state index in [1.54, 1.807) is 0 Å². The molecule has 0 heterocycles. The molecule has 0 amide bonds. The molecule has 0 aliphatic heterocycles. The highest BCUT2D eigenvalue weighted by molar-refractivity contribution is 9.10. The highest BCUT2D eigenvalue weighted by Crippen LogP contribution is 2.31. The first kappa shape index (κ1) is 15.3. The molecule has 2 atom stereocenters. The Balaban J connectivity index is 2.21. The van der Waals surface area contributed by atoms with Gasteiger partial charge in [0.2, 0.25) is 0 Å². The number of benzene rings is 1. The summed E-state index contributed by atoms with van der Waals surface area (Å²) in [5, 5.41) is 21.4. The Morgan fingerprint density at radius 3 is 2.75 bits per heavy atom. The lowest BCUT2D eigenvalue weighted by Gasteiger charge is -2.31. The van der Waals surface area contributed by atoms with Crippen LogP contribution in [0.2, 0.25) is 0 Å². The second-order valence-corrected chi connectivity index (χ2v) is 5.86. The van der Waals surface area contributed by atoms with Gasteiger partial charge in [-0.25, -0.2) is 9.18 Å². The van der Waals surface area contributed by atoms with Crippen LogP contribution >= 0.6 is 15.9 Å². The second kappa shape index (κ2) is 6.54. The fraction of sp³-hybridized carbons (Fsp3) is 0.500. The van der Waals surface area contributed by atoms with E-state index in [1.165, 1.54) is 12.1 Å². The number of rotatable bonds is 4. The van der Waals surface area contributed by atoms with Crippen LogP contribution in [0.25, 0.3) is 0 Å². The Morgan fingerprint density at radius 1 is 1.40 bits per heavy atom. The Hall–Kier alpha value is -1.14. The third-order valence-corrected chi connectivity index (χ3v) is 4.57. The lowest BCUT2D eigenvalue weighted by molar-refractivity contribution is 0.0695. The maximum absolute atomic E-state index is 14.2. The molecular formula is C14H17BrFNO3. The molecule has 20 heavy (non-hydrogen) atoms. The summed E-state index contributed by atoms with van der Waals surface area (Å²) in [5.41, 5.74) is 0.169. The summed E-state index contributed by atoms with van der Waals surface area (Å²) in [6, 6.07) is 2.83. The van der Waals surface area contributed by atoms with E-state index in [0.29, 0.717) is 0 Å². The summed E-state index contributed by atoms with van der Waals surface area (Å²) in [6.07, 6.45) is 3.92. The SMILES string of the molecule is O=C(O)c1ccc(NC2CCCCC2CO)c(F)c1Br. The molecule has 4 nitrogen and oxygen atoms in total. The van der Waals surface area contributed by atoms with E-state index in [2.05, 4.69) is 21.2 Å². The van der Waals surface area contributed by atoms with Crippen molar-refractivity contribution in [1.82, 2.24) is 0 Å². The van der Waals surface area contributed by atoms with Crippen molar-refractivity contribution in [3.8, 4) is 0 Å². The first-order chi connectivity index (χ1) is 9.54. The van der Waals surface area contributed by atoms with E-state index < -0.39 is 11.8 Å². The Morgan fingerprint density at radius 2 is 2.10 bits per heavy atom. The van der Waals surface area contributed by atoms with Crippen LogP contribution in [0.4, 0.5) is 10.1 Å². The van der Waals surface area contributed by atoms with Crippen LogP contribution in [0.5, 0.6) is 0 Å². The van der Waals surface area contributed by atoms with Gasteiger partial charge in [0.15, 0.2) is 5.82 Å². The van der Waals surface area contributed by atoms with Crippen molar-refractivity contribution in [2.75, 3.05) is 11.9 Å². The van der Waals surface area contributed by atoms with Gasteiger partial charge in [-0.15, -0.1) is 0 Å². The summed E-state index contributed by atoms with van der Waals surface area (Å²) in [4.78, 5) is 10.9. The zero-order chi connectivity index (χ0) is 14.7. The normalized spacial score (nSPS) is 22.6. The lowest BCUT2D eigenvalue weighted by atomic mass is 9.85. The maximum atomic E-state index is 14.2. The average Bonchev–Trinajstić information content (AvgIpc) is 2.44. The fourth-order valence-corrected chi connectivity index (χ4v) is 3.16. The molecule has 0 bridgehead atoms. The number of hydrogen-bond acceptors (Lipinski definition) is 3. The first-order valence-corrected chi connectivity index (χ1v) is 7.42. The van der Waals surface area contributed by atoms with Crippen LogP contribution in [0.3, 0.4) is 0 Å². The number of carboxylic acid groups (broad SMARTS) is 1. The van der Waals surface area contributed by atoms with Crippen LogP contribution in [0.1, 0.15) is 36.0 Å². The van der Waals surface area contributed by atoms with Gasteiger partial charge in [-0.3, -0.25) is 0 Å². The molecule has 0 aromatic heterocycles. The molecule has 0 radical (unpaired) electrons. The molecule has 3 N–H and O–H groups in total. The molecule has 0 saturated heterocycles. The zero-order valence-electron chi connectivity index (χ0n) is 10.9. The smallest absolute Gasteiger partial charge is 0.336 e. The minimum Gasteiger partial charge on any atom is -0.478 e. The molecule has 110 valence electrons. The van der Waals surface area contributed by atoms with E-state index in [4.69, 9.17) is 5.11 Å². The molecule has 6 heteroatoms. The Labute approximate surface area is 125 Å². The van der Waals surface area contributed by atoms with Crippen molar-refractivity contribution < 1.29 is 19.4 Å². The number of aliphatic hydroxyl groups is 1. The average molecular weight is 346 g/mol. The van der Waals surface area contributed by atoms with Gasteiger partial charge >= 0.3 is 5.97 Å². The molecule has 1 aliphatic carbocycles. The number of hydrogen-bond donors (Lipinski definition) is 3. The topological polar surface area (TPSA) is 69.6 Å². The van der Waals surface area contributed by atoms with Gasteiger partial charge in [0, 0.05) is 18.6 Å². The molecule has 1 aromatic rings. The molecule has 1 saturated carbocycles. The van der Waals surface area contributed by atoms with Gasteiger partial charge in [-0.1, -0.05) is 12.8 Å². The van der Waals surface area contributed by atoms with Gasteiger partial charge in [0.1, 0.15) is 0 Å². The maximum Gasteiger partial charge on any atom is 0.336 e. The largest absolute Gasteiger partial charge is 0.478 e. The summed E-state index contributed by atoms with van der Waals surface area (Å²) in [5.74, 6) is -1.67. The predicted octanol–water partition coefficient (Wildman–Crippen LogP) is 3.25. The van der Waals surface area contributed by atoms with E-state index in [9.17, 15) is 14.3 Å². The minimum absolute atomic E-state index is 0.0193. The molecular weight excluding hydrogens is 329 g/mol. The van der Waals surface area contributed by atoms with Crippen LogP contribution in [0.15, 0.2) is 16.6 Å². The van der Waals surface area contributed by atoms with Gasteiger partial charge in [-0.05, 0) is 40.9 Å². The predicted molar refractivity (Wildman–Crippen MR) is 77.5 cm³/mol. The van der Waals surface area contributed by atoms with E-state index in [0.717, 1.165) is 25.7 Å². The van der Waals surface area contributed by atoms with Crippen molar-refractivity contribution in [3.63, 3.8) is 0 Å². The quantitative estimate of drug-likeness (QED) is 0.783. The standard InChI is InChI=1S/C14H17BrFNO3/c15-12-9(14(19)20)5-6-11(13(12)16)17-10-4-2-1-3-8(10)7-18/h5-6,8,10,17-18H,1-4,7H2,(H,19,20). The number of nitrogens with one attached hydrogen (secondary N) is 1. The minimum atomic E-state index is -1.17. The van der Waals surface area contributed by atoms with Crippen LogP contribution in [-0.4, -0.2) is 28.8 Å². The monoisotopic (exact) mass is 345 g/mol. The summed E-state index contributed by atoms with van der Waals surface area (Å²) in [6.45, 7) is 0.0770. The van der Waals surface area contributed by atoms with Gasteiger partial charge in [-0.2, -0.15) is 0 Å². The number of aromatic carboxylic acids is 1. The highest BCUT2D eigenvalue weighted by atomic mass is 79.9. The number of aliphatic hydroxyl groups excluding tert-OH is 1. The van der Waals surface area contributed by atoms with Crippen molar-refractivity contribution in [2.24, 2.45) is 5.92 Å². The van der Waals surface area contributed by atoms with Crippen LogP contribution in [0, 0.1) is 11.7 Å². The Bertz CT molecular complexity index is 509. The summed E-state index contributed by atoms with van der Waals surface area (Å²) in [7, 11) is 0. The highest BCUT2D eigenvalue weighted by Gasteiger charge is 2.26. The molecule has 2 unspecified atom stereocenters. The van der Waals surface area contributed by atoms with E-state index in [-0.39, 0.29) is 34.3 Å². The Kier molecular flexibility index (Phi) is 4.99. The third kappa shape index (κ3) is 3.12. The van der Waals surface area contributed by atoms with Crippen LogP contribution < -0.4 is 5.32 Å². The van der Waals surface area contributed by atoms with Gasteiger partial charge in [0.25, 0.3) is 0 Å². The second-order valence-electron chi connectivity index (χ2n) is 5.07. The molecule has 1 aromatic carbocycles. The zero-order valence-corrected chi connectivity index (χ0v) is 12.5. The molecule has 1 fully saturated rings. The molecule has 1 aliphatic rings. The van der Waals surface area contributed by atoms with Crippen molar-refractivity contribution in [3.05, 3.63) is 28.0 Å². The van der Waals surface area contributed by atoms with E-state index in [1.807, 2.05) is 0 Å². The molecule has 0 spiro atoms. The van der Waals surface area contributed by atoms with Gasteiger partial charge < -0.3 is 15.5 Å². The number of carbonyl (C=O) groups is 1. The number of halogens is 2. The lowest BCUT2D eigenvalue weighted by Crippen LogP contribution is -2.34. The fourth-order valence-electron chi connectivity index (χ4n) is 2.64. The van der Waals surface area contributed by atoms with Crippen molar-refractivity contribution >= 4 is 27.6 Å². The summed E-state index contributed by atoms with van der Waals surface area (Å²) < 4.78 is 14.1. The van der Waals surface area contributed by atoms with Crippen molar-refractivity contribution in [2.45, 2.75) is 31.7 Å². The first-order valence-electron chi connectivity index (χ1n) is 6.63.